The summed E-state index contributed by atoms with van der Waals surface area (Å²) >= 11 is -3.42. The molecule has 1 unspecified atom stereocenters. The van der Waals surface area contributed by atoms with E-state index in [0.717, 1.165) is 0 Å². The molecule has 1 aliphatic heterocycles. The van der Waals surface area contributed by atoms with E-state index in [-0.39, 0.29) is 17.6 Å². The third kappa shape index (κ3) is 4.51. The third-order valence-corrected chi connectivity index (χ3v) is 3.14. The maximum atomic E-state index is 10.3. The van der Waals surface area contributed by atoms with Gasteiger partial charge in [-0.3, -0.25) is 0 Å². The van der Waals surface area contributed by atoms with Crippen LogP contribution in [-0.2, 0) is 32.7 Å². The minimum atomic E-state index is -3.42. The zero-order valence-corrected chi connectivity index (χ0v) is 8.23. The average molecular weight is 345 g/mol. The van der Waals surface area contributed by atoms with Gasteiger partial charge < -0.3 is 11.0 Å². The molecular weight excluding hydrogens is 334 g/mol. The van der Waals surface area contributed by atoms with Gasteiger partial charge >= 0.3 is 57.2 Å². The van der Waals surface area contributed by atoms with Gasteiger partial charge in [-0.1, -0.05) is 0 Å². The molecule has 0 saturated carbocycles. The number of hydrogen-bond donors (Lipinski definition) is 0. The standard InChI is InChI=1S/C4H7O2.2H2O.2O.Os/c1-2-6-4-3-5-1;;;;;/h1H,2-4H2;2*1H2;;;. The van der Waals surface area contributed by atoms with Crippen molar-refractivity contribution in [2.24, 2.45) is 0 Å². The summed E-state index contributed by atoms with van der Waals surface area (Å²) in [6.07, 6.45) is 0. The Labute approximate surface area is 68.7 Å². The van der Waals surface area contributed by atoms with Crippen molar-refractivity contribution < 1.29 is 43.6 Å². The second-order valence-corrected chi connectivity index (χ2v) is 4.82. The number of ether oxygens (including phenoxy) is 2. The first kappa shape index (κ1) is 13.7. The van der Waals surface area contributed by atoms with E-state index in [1.54, 1.807) is 0 Å². The van der Waals surface area contributed by atoms with Crippen molar-refractivity contribution in [1.82, 2.24) is 0 Å². The summed E-state index contributed by atoms with van der Waals surface area (Å²) in [5, 5.41) is 0. The summed E-state index contributed by atoms with van der Waals surface area (Å²) in [6.45, 7) is 1.16. The van der Waals surface area contributed by atoms with Crippen molar-refractivity contribution >= 4 is 0 Å². The van der Waals surface area contributed by atoms with E-state index >= 15 is 0 Å². The monoisotopic (exact) mass is 347 g/mol. The molecule has 1 aliphatic rings. The van der Waals surface area contributed by atoms with E-state index < -0.39 is 20.8 Å². The molecule has 0 bridgehead atoms. The molecule has 0 aromatic rings. The SMILES string of the molecule is O.O.[O]=[Os](=[O])[CH]1COCCO1. The van der Waals surface area contributed by atoms with Crippen LogP contribution in [-0.4, -0.2) is 35.4 Å². The van der Waals surface area contributed by atoms with Crippen LogP contribution in [0.2, 0.25) is 0 Å². The summed E-state index contributed by atoms with van der Waals surface area (Å²) in [7, 11) is 0. The molecule has 1 saturated heterocycles. The molecule has 11 heavy (non-hydrogen) atoms. The van der Waals surface area contributed by atoms with Crippen LogP contribution in [0.25, 0.3) is 0 Å². The summed E-state index contributed by atoms with van der Waals surface area (Å²) in [5.41, 5.74) is 0. The van der Waals surface area contributed by atoms with Crippen molar-refractivity contribution in [3.63, 3.8) is 0 Å². The Bertz CT molecular complexity index is 141. The van der Waals surface area contributed by atoms with Crippen LogP contribution in [0.4, 0.5) is 0 Å². The second-order valence-electron chi connectivity index (χ2n) is 1.57. The van der Waals surface area contributed by atoms with E-state index in [4.69, 9.17) is 9.47 Å². The summed E-state index contributed by atoms with van der Waals surface area (Å²) in [6, 6.07) is 0. The average Bonchev–Trinajstić information content (AvgIpc) is 1.90. The Morgan fingerprint density at radius 2 is 1.82 bits per heavy atom. The first-order chi connectivity index (χ1) is 4.30. The van der Waals surface area contributed by atoms with Gasteiger partial charge in [-0.05, 0) is 0 Å². The Morgan fingerprint density at radius 1 is 1.18 bits per heavy atom. The van der Waals surface area contributed by atoms with Crippen molar-refractivity contribution in [2.75, 3.05) is 19.8 Å². The van der Waals surface area contributed by atoms with Gasteiger partial charge in [0.25, 0.3) is 0 Å². The predicted octanol–water partition coefficient (Wildman–Crippen LogP) is -1.98. The normalized spacial score (nSPS) is 23.5. The van der Waals surface area contributed by atoms with Gasteiger partial charge in [0.15, 0.2) is 0 Å². The van der Waals surface area contributed by atoms with E-state index in [9.17, 15) is 7.08 Å². The van der Waals surface area contributed by atoms with Crippen LogP contribution in [0.1, 0.15) is 0 Å². The molecule has 0 aromatic heterocycles. The fourth-order valence-electron chi connectivity index (χ4n) is 0.549. The van der Waals surface area contributed by atoms with Gasteiger partial charge in [-0.25, -0.2) is 0 Å². The molecule has 1 atom stereocenters. The van der Waals surface area contributed by atoms with Gasteiger partial charge in [0, 0.05) is 0 Å². The molecule has 7 heteroatoms. The maximum absolute atomic E-state index is 10.3. The fraction of sp³-hybridized carbons (Fsp3) is 1.00. The van der Waals surface area contributed by atoms with Crippen LogP contribution in [0.5, 0.6) is 0 Å². The number of hydrogen-bond acceptors (Lipinski definition) is 4. The molecule has 0 spiro atoms. The molecule has 0 aromatic carbocycles. The van der Waals surface area contributed by atoms with Gasteiger partial charge in [0.1, 0.15) is 0 Å². The summed E-state index contributed by atoms with van der Waals surface area (Å²) in [4.78, 5) is 0. The fourth-order valence-corrected chi connectivity index (χ4v) is 1.84. The molecule has 0 amide bonds. The Balaban J connectivity index is 0. The minimum absolute atomic E-state index is 0. The van der Waals surface area contributed by atoms with Gasteiger partial charge in [0.2, 0.25) is 0 Å². The van der Waals surface area contributed by atoms with E-state index in [1.165, 1.54) is 0 Å². The number of rotatable bonds is 1. The van der Waals surface area contributed by atoms with Crippen molar-refractivity contribution in [2.45, 2.75) is 4.66 Å². The molecule has 1 heterocycles. The topological polar surface area (TPSA) is 116 Å². The second kappa shape index (κ2) is 6.77. The molecule has 4 N–H and O–H groups in total. The summed E-state index contributed by atoms with van der Waals surface area (Å²) < 4.78 is 29.7. The van der Waals surface area contributed by atoms with Crippen molar-refractivity contribution in [3.8, 4) is 0 Å². The quantitative estimate of drug-likeness (QED) is 0.547. The van der Waals surface area contributed by atoms with Crippen LogP contribution >= 0.6 is 0 Å². The van der Waals surface area contributed by atoms with Crippen LogP contribution in [0, 0.1) is 0 Å². The molecule has 71 valence electrons. The van der Waals surface area contributed by atoms with Crippen molar-refractivity contribution in [1.29, 1.82) is 0 Å². The Kier molecular flexibility index (Phi) is 8.40. The Morgan fingerprint density at radius 3 is 2.09 bits per heavy atom. The molecule has 0 radical (unpaired) electrons. The molecule has 6 nitrogen and oxygen atoms in total. The van der Waals surface area contributed by atoms with Crippen LogP contribution < -0.4 is 0 Å². The molecule has 1 rings (SSSR count). The summed E-state index contributed by atoms with van der Waals surface area (Å²) in [5.74, 6) is 0. The van der Waals surface area contributed by atoms with Crippen LogP contribution in [0.15, 0.2) is 0 Å². The van der Waals surface area contributed by atoms with E-state index in [1.807, 2.05) is 0 Å². The van der Waals surface area contributed by atoms with Gasteiger partial charge in [0.05, 0.1) is 0 Å². The van der Waals surface area contributed by atoms with Gasteiger partial charge in [-0.2, -0.15) is 0 Å². The third-order valence-electron chi connectivity index (χ3n) is 0.953. The van der Waals surface area contributed by atoms with E-state index in [0.29, 0.717) is 13.2 Å². The van der Waals surface area contributed by atoms with Crippen molar-refractivity contribution in [3.05, 3.63) is 0 Å². The zero-order valence-electron chi connectivity index (χ0n) is 5.69. The predicted molar refractivity (Wildman–Crippen MR) is 29.2 cm³/mol. The zero-order chi connectivity index (χ0) is 6.69. The molecule has 0 aliphatic carbocycles. The van der Waals surface area contributed by atoms with Crippen LogP contribution in [0.3, 0.4) is 0 Å². The first-order valence-electron chi connectivity index (χ1n) is 2.50. The molecule has 1 fully saturated rings. The van der Waals surface area contributed by atoms with Gasteiger partial charge in [-0.15, -0.1) is 0 Å². The first-order valence-corrected chi connectivity index (χ1v) is 6.04. The molecular formula is C4H11O6Os. The van der Waals surface area contributed by atoms with E-state index in [2.05, 4.69) is 0 Å². The Hall–Kier alpha value is 0.0764.